The first kappa shape index (κ1) is 12.9. The first-order valence-electron chi connectivity index (χ1n) is 5.86. The van der Waals surface area contributed by atoms with Gasteiger partial charge < -0.3 is 4.74 Å². The normalized spacial score (nSPS) is 10.0. The second-order valence-corrected chi connectivity index (χ2v) is 4.34. The van der Waals surface area contributed by atoms with Gasteiger partial charge in [0.25, 0.3) is 5.56 Å². The number of aromatic nitrogens is 1. The van der Waals surface area contributed by atoms with Gasteiger partial charge in [-0.3, -0.25) is 9.36 Å². The molecule has 2 rings (SSSR count). The van der Waals surface area contributed by atoms with Gasteiger partial charge >= 0.3 is 0 Å². The molecule has 1 aromatic carbocycles. The van der Waals surface area contributed by atoms with Gasteiger partial charge in [-0.2, -0.15) is 5.26 Å². The maximum atomic E-state index is 12.3. The maximum absolute atomic E-state index is 12.3. The summed E-state index contributed by atoms with van der Waals surface area (Å²) in [5, 5.41) is 9.06. The third-order valence-electron chi connectivity index (χ3n) is 3.01. The number of pyridine rings is 1. The van der Waals surface area contributed by atoms with Crippen LogP contribution in [-0.4, -0.2) is 11.7 Å². The molecule has 0 saturated heterocycles. The van der Waals surface area contributed by atoms with Gasteiger partial charge in [-0.25, -0.2) is 0 Å². The Morgan fingerprint density at radius 2 is 2.00 bits per heavy atom. The Bertz CT molecular complexity index is 724. The number of hydrogen-bond acceptors (Lipinski definition) is 3. The minimum absolute atomic E-state index is 0.158. The second-order valence-electron chi connectivity index (χ2n) is 4.34. The summed E-state index contributed by atoms with van der Waals surface area (Å²) < 4.78 is 6.71. The lowest BCUT2D eigenvalue weighted by molar-refractivity contribution is 0.412. The summed E-state index contributed by atoms with van der Waals surface area (Å²) in [7, 11) is 1.55. The van der Waals surface area contributed by atoms with Crippen LogP contribution in [0.2, 0.25) is 0 Å². The van der Waals surface area contributed by atoms with Crippen molar-refractivity contribution in [1.82, 2.24) is 4.57 Å². The molecule has 0 aliphatic carbocycles. The van der Waals surface area contributed by atoms with Crippen LogP contribution in [0.1, 0.15) is 16.7 Å². The number of ether oxygens (including phenoxy) is 1. The van der Waals surface area contributed by atoms with Crippen molar-refractivity contribution < 1.29 is 4.74 Å². The van der Waals surface area contributed by atoms with E-state index in [-0.39, 0.29) is 11.1 Å². The molecule has 0 spiro atoms. The number of aryl methyl sites for hydroxylation is 2. The fourth-order valence-corrected chi connectivity index (χ4v) is 1.94. The minimum Gasteiger partial charge on any atom is -0.495 e. The van der Waals surface area contributed by atoms with E-state index in [1.54, 1.807) is 26.3 Å². The molecule has 0 saturated carbocycles. The summed E-state index contributed by atoms with van der Waals surface area (Å²) in [4.78, 5) is 12.3. The molecule has 0 N–H and O–H groups in total. The largest absolute Gasteiger partial charge is 0.495 e. The van der Waals surface area contributed by atoms with E-state index in [1.807, 2.05) is 31.2 Å². The molecule has 4 nitrogen and oxygen atoms in total. The molecular formula is C15H14N2O2. The van der Waals surface area contributed by atoms with Crippen LogP contribution in [0.5, 0.6) is 5.75 Å². The van der Waals surface area contributed by atoms with Crippen LogP contribution in [0.4, 0.5) is 0 Å². The molecule has 0 atom stereocenters. The average molecular weight is 254 g/mol. The maximum Gasteiger partial charge on any atom is 0.273 e. The Balaban J connectivity index is 2.77. The van der Waals surface area contributed by atoms with Gasteiger partial charge in [0, 0.05) is 6.20 Å². The zero-order valence-corrected chi connectivity index (χ0v) is 11.1. The zero-order chi connectivity index (χ0) is 14.0. The fraction of sp³-hybridized carbons (Fsp3) is 0.200. The number of nitriles is 1. The summed E-state index contributed by atoms with van der Waals surface area (Å²) in [6, 6.07) is 9.28. The van der Waals surface area contributed by atoms with E-state index in [0.717, 1.165) is 5.56 Å². The lowest BCUT2D eigenvalue weighted by Gasteiger charge is -2.12. The van der Waals surface area contributed by atoms with Crippen LogP contribution in [-0.2, 0) is 0 Å². The third-order valence-corrected chi connectivity index (χ3v) is 3.01. The smallest absolute Gasteiger partial charge is 0.273 e. The summed E-state index contributed by atoms with van der Waals surface area (Å²) >= 11 is 0. The van der Waals surface area contributed by atoms with Gasteiger partial charge in [-0.05, 0) is 43.2 Å². The van der Waals surface area contributed by atoms with Crippen LogP contribution in [0.15, 0.2) is 35.3 Å². The highest BCUT2D eigenvalue weighted by Gasteiger charge is 2.11. The Kier molecular flexibility index (Phi) is 3.39. The molecule has 0 aliphatic rings. The molecule has 4 heteroatoms. The number of hydrogen-bond donors (Lipinski definition) is 0. The SMILES string of the molecule is COc1ccc(C)cc1-n1ccc(C)c(C#N)c1=O. The zero-order valence-electron chi connectivity index (χ0n) is 11.1. The number of rotatable bonds is 2. The van der Waals surface area contributed by atoms with Crippen molar-refractivity contribution in [2.24, 2.45) is 0 Å². The molecule has 0 bridgehead atoms. The molecule has 0 amide bonds. The predicted molar refractivity (Wildman–Crippen MR) is 72.8 cm³/mol. The van der Waals surface area contributed by atoms with Crippen molar-refractivity contribution >= 4 is 0 Å². The molecule has 1 aromatic heterocycles. The van der Waals surface area contributed by atoms with E-state index in [9.17, 15) is 4.79 Å². The highest BCUT2D eigenvalue weighted by atomic mass is 16.5. The predicted octanol–water partition coefficient (Wildman–Crippen LogP) is 2.33. The van der Waals surface area contributed by atoms with Crippen molar-refractivity contribution in [3.05, 3.63) is 57.5 Å². The van der Waals surface area contributed by atoms with Crippen LogP contribution in [0, 0.1) is 25.2 Å². The van der Waals surface area contributed by atoms with Crippen LogP contribution >= 0.6 is 0 Å². The first-order valence-corrected chi connectivity index (χ1v) is 5.86. The molecule has 0 fully saturated rings. The molecule has 19 heavy (non-hydrogen) atoms. The Morgan fingerprint density at radius 1 is 1.26 bits per heavy atom. The Hall–Kier alpha value is -2.54. The Morgan fingerprint density at radius 3 is 2.63 bits per heavy atom. The lowest BCUT2D eigenvalue weighted by atomic mass is 10.1. The number of benzene rings is 1. The summed E-state index contributed by atoms with van der Waals surface area (Å²) in [5.74, 6) is 0.598. The van der Waals surface area contributed by atoms with Crippen molar-refractivity contribution in [3.63, 3.8) is 0 Å². The van der Waals surface area contributed by atoms with Gasteiger partial charge in [0.05, 0.1) is 12.8 Å². The Labute approximate surface area is 111 Å². The van der Waals surface area contributed by atoms with E-state index < -0.39 is 0 Å². The standard InChI is InChI=1S/C15H14N2O2/c1-10-4-5-14(19-3)13(8-10)17-7-6-11(2)12(9-16)15(17)18/h4-8H,1-3H3. The van der Waals surface area contributed by atoms with Crippen molar-refractivity contribution in [2.75, 3.05) is 7.11 Å². The van der Waals surface area contributed by atoms with Crippen molar-refractivity contribution in [1.29, 1.82) is 5.26 Å². The quantitative estimate of drug-likeness (QED) is 0.826. The summed E-state index contributed by atoms with van der Waals surface area (Å²) in [6.45, 7) is 3.69. The molecule has 0 unspecified atom stereocenters. The van der Waals surface area contributed by atoms with Gasteiger partial charge in [-0.1, -0.05) is 6.07 Å². The highest BCUT2D eigenvalue weighted by Crippen LogP contribution is 2.23. The van der Waals surface area contributed by atoms with Gasteiger partial charge in [0.2, 0.25) is 0 Å². The third kappa shape index (κ3) is 2.23. The minimum atomic E-state index is -0.327. The van der Waals surface area contributed by atoms with E-state index in [2.05, 4.69) is 0 Å². The van der Waals surface area contributed by atoms with Gasteiger partial charge in [0.15, 0.2) is 0 Å². The molecule has 96 valence electrons. The summed E-state index contributed by atoms with van der Waals surface area (Å²) in [6.07, 6.45) is 1.66. The van der Waals surface area contributed by atoms with E-state index in [1.165, 1.54) is 4.57 Å². The lowest BCUT2D eigenvalue weighted by Crippen LogP contribution is -2.22. The summed E-state index contributed by atoms with van der Waals surface area (Å²) in [5.41, 5.74) is 2.17. The van der Waals surface area contributed by atoms with Crippen molar-refractivity contribution in [2.45, 2.75) is 13.8 Å². The van der Waals surface area contributed by atoms with E-state index >= 15 is 0 Å². The second kappa shape index (κ2) is 4.99. The molecule has 2 aromatic rings. The first-order chi connectivity index (χ1) is 9.08. The monoisotopic (exact) mass is 254 g/mol. The molecule has 1 heterocycles. The van der Waals surface area contributed by atoms with Crippen LogP contribution in [0.3, 0.4) is 0 Å². The van der Waals surface area contributed by atoms with Gasteiger partial charge in [0.1, 0.15) is 17.4 Å². The van der Waals surface area contributed by atoms with Crippen LogP contribution < -0.4 is 10.3 Å². The topological polar surface area (TPSA) is 55.0 Å². The van der Waals surface area contributed by atoms with Crippen molar-refractivity contribution in [3.8, 4) is 17.5 Å². The van der Waals surface area contributed by atoms with Gasteiger partial charge in [-0.15, -0.1) is 0 Å². The molecular weight excluding hydrogens is 240 g/mol. The van der Waals surface area contributed by atoms with E-state index in [0.29, 0.717) is 17.0 Å². The number of nitrogens with zero attached hydrogens (tertiary/aromatic N) is 2. The fourth-order valence-electron chi connectivity index (χ4n) is 1.94. The molecule has 0 aliphatic heterocycles. The number of methoxy groups -OCH3 is 1. The van der Waals surface area contributed by atoms with Crippen LogP contribution in [0.25, 0.3) is 5.69 Å². The average Bonchev–Trinajstić information content (AvgIpc) is 2.39. The highest BCUT2D eigenvalue weighted by molar-refractivity contribution is 5.50. The van der Waals surface area contributed by atoms with E-state index in [4.69, 9.17) is 10.00 Å². The molecule has 0 radical (unpaired) electrons.